The van der Waals surface area contributed by atoms with E-state index in [-0.39, 0.29) is 0 Å². The fourth-order valence-electron chi connectivity index (χ4n) is 8.68. The highest BCUT2D eigenvalue weighted by molar-refractivity contribution is 6.36. The molecule has 0 unspecified atom stereocenters. The topological polar surface area (TPSA) is 43.9 Å². The molecule has 0 fully saturated rings. The summed E-state index contributed by atoms with van der Waals surface area (Å²) in [7, 11) is 0. The molecule has 0 amide bonds. The molecule has 0 spiro atoms. The van der Waals surface area contributed by atoms with E-state index >= 15 is 0 Å². The molecular formula is C48H27N3O. The predicted molar refractivity (Wildman–Crippen MR) is 217 cm³/mol. The van der Waals surface area contributed by atoms with Gasteiger partial charge in [0, 0.05) is 32.5 Å². The van der Waals surface area contributed by atoms with Gasteiger partial charge in [-0.2, -0.15) is 0 Å². The molecule has 12 aromatic rings. The van der Waals surface area contributed by atoms with Gasteiger partial charge in [0.15, 0.2) is 5.82 Å². The smallest absolute Gasteiger partial charge is 0.247 e. The van der Waals surface area contributed by atoms with Gasteiger partial charge in [0.05, 0.1) is 11.0 Å². The molecule has 52 heavy (non-hydrogen) atoms. The van der Waals surface area contributed by atoms with Crippen molar-refractivity contribution in [2.45, 2.75) is 0 Å². The SMILES string of the molecule is c1ccc2cc(-c3nc4oc5ccccc5c4nc3-n3c4ccc5c6ccccc6c6ccccc6c5c4c4ccc5ccccc5c43)ccc2c1. The maximum Gasteiger partial charge on any atom is 0.247 e. The van der Waals surface area contributed by atoms with Gasteiger partial charge in [-0.15, -0.1) is 0 Å². The summed E-state index contributed by atoms with van der Waals surface area (Å²) in [5.41, 5.74) is 6.01. The third kappa shape index (κ3) is 3.70. The van der Waals surface area contributed by atoms with Crippen molar-refractivity contribution in [2.75, 3.05) is 0 Å². The third-order valence-corrected chi connectivity index (χ3v) is 11.0. The van der Waals surface area contributed by atoms with Gasteiger partial charge < -0.3 is 4.42 Å². The van der Waals surface area contributed by atoms with Gasteiger partial charge in [0.1, 0.15) is 16.8 Å². The summed E-state index contributed by atoms with van der Waals surface area (Å²) in [5.74, 6) is 0.773. The first-order chi connectivity index (χ1) is 25.8. The molecule has 0 aliphatic rings. The summed E-state index contributed by atoms with van der Waals surface area (Å²) in [4.78, 5) is 10.9. The fourth-order valence-corrected chi connectivity index (χ4v) is 8.68. The number of hydrogen-bond acceptors (Lipinski definition) is 3. The minimum absolute atomic E-state index is 0.529. The van der Waals surface area contributed by atoms with E-state index in [1.165, 1.54) is 53.9 Å². The number of fused-ring (bicyclic) bond motifs is 16. The molecule has 0 aliphatic carbocycles. The highest BCUT2D eigenvalue weighted by Crippen LogP contribution is 2.46. The molecule has 4 heteroatoms. The Morgan fingerprint density at radius 2 is 1.02 bits per heavy atom. The minimum atomic E-state index is 0.529. The first-order valence-corrected chi connectivity index (χ1v) is 17.7. The number of furan rings is 1. The number of hydrogen-bond donors (Lipinski definition) is 0. The van der Waals surface area contributed by atoms with Crippen LogP contribution < -0.4 is 0 Å². The fraction of sp³-hybridized carbons (Fsp3) is 0. The van der Waals surface area contributed by atoms with E-state index in [0.717, 1.165) is 55.4 Å². The van der Waals surface area contributed by atoms with Gasteiger partial charge >= 0.3 is 0 Å². The van der Waals surface area contributed by atoms with Crippen LogP contribution in [0.5, 0.6) is 0 Å². The lowest BCUT2D eigenvalue weighted by molar-refractivity contribution is 0.653. The van der Waals surface area contributed by atoms with Crippen LogP contribution in [0.3, 0.4) is 0 Å². The van der Waals surface area contributed by atoms with Crippen LogP contribution in [0.1, 0.15) is 0 Å². The summed E-state index contributed by atoms with van der Waals surface area (Å²) >= 11 is 0. The van der Waals surface area contributed by atoms with E-state index < -0.39 is 0 Å². The summed E-state index contributed by atoms with van der Waals surface area (Å²) in [5, 5.41) is 15.5. The number of rotatable bonds is 2. The Kier molecular flexibility index (Phi) is 5.47. The van der Waals surface area contributed by atoms with Gasteiger partial charge in [0.25, 0.3) is 0 Å². The molecular weight excluding hydrogens is 635 g/mol. The highest BCUT2D eigenvalue weighted by Gasteiger charge is 2.25. The van der Waals surface area contributed by atoms with Gasteiger partial charge in [0.2, 0.25) is 5.71 Å². The third-order valence-electron chi connectivity index (χ3n) is 11.0. The van der Waals surface area contributed by atoms with Crippen LogP contribution in [0.15, 0.2) is 168 Å². The lowest BCUT2D eigenvalue weighted by Gasteiger charge is -2.15. The first-order valence-electron chi connectivity index (χ1n) is 17.7. The summed E-state index contributed by atoms with van der Waals surface area (Å²) in [6, 6.07) is 58.5. The van der Waals surface area contributed by atoms with Crippen molar-refractivity contribution in [2.24, 2.45) is 0 Å². The normalized spacial score (nSPS) is 12.2. The molecule has 3 heterocycles. The van der Waals surface area contributed by atoms with Crippen molar-refractivity contribution in [1.82, 2.24) is 14.5 Å². The van der Waals surface area contributed by atoms with Crippen molar-refractivity contribution < 1.29 is 4.42 Å². The predicted octanol–water partition coefficient (Wildman–Crippen LogP) is 12.9. The van der Waals surface area contributed by atoms with Crippen molar-refractivity contribution in [1.29, 1.82) is 0 Å². The van der Waals surface area contributed by atoms with E-state index in [2.05, 4.69) is 150 Å². The summed E-state index contributed by atoms with van der Waals surface area (Å²) < 4.78 is 8.75. The Morgan fingerprint density at radius 1 is 0.423 bits per heavy atom. The Bertz CT molecular complexity index is 3440. The molecule has 0 saturated carbocycles. The first kappa shape index (κ1) is 27.7. The number of aromatic nitrogens is 3. The second-order valence-corrected chi connectivity index (χ2v) is 13.7. The van der Waals surface area contributed by atoms with E-state index in [9.17, 15) is 0 Å². The van der Waals surface area contributed by atoms with Crippen molar-refractivity contribution in [3.63, 3.8) is 0 Å². The molecule has 0 atom stereocenters. The van der Waals surface area contributed by atoms with Crippen molar-refractivity contribution in [3.05, 3.63) is 164 Å². The van der Waals surface area contributed by atoms with Gasteiger partial charge in [-0.1, -0.05) is 140 Å². The second-order valence-electron chi connectivity index (χ2n) is 13.7. The van der Waals surface area contributed by atoms with Crippen LogP contribution in [-0.2, 0) is 0 Å². The molecule has 3 aromatic heterocycles. The Morgan fingerprint density at radius 3 is 1.83 bits per heavy atom. The van der Waals surface area contributed by atoms with E-state index in [1.54, 1.807) is 0 Å². The zero-order valence-corrected chi connectivity index (χ0v) is 27.8. The molecule has 240 valence electrons. The molecule has 12 rings (SSSR count). The molecule has 0 saturated heterocycles. The van der Waals surface area contributed by atoms with Crippen molar-refractivity contribution >= 4 is 97.9 Å². The lowest BCUT2D eigenvalue weighted by atomic mass is 9.91. The molecule has 0 radical (unpaired) electrons. The van der Waals surface area contributed by atoms with Crippen LogP contribution in [0.4, 0.5) is 0 Å². The van der Waals surface area contributed by atoms with E-state index in [1.807, 2.05) is 18.2 Å². The lowest BCUT2D eigenvalue weighted by Crippen LogP contribution is -2.03. The number of nitrogens with zero attached hydrogens (tertiary/aromatic N) is 3. The average molecular weight is 662 g/mol. The summed E-state index contributed by atoms with van der Waals surface area (Å²) in [6.07, 6.45) is 0. The summed E-state index contributed by atoms with van der Waals surface area (Å²) in [6.45, 7) is 0. The minimum Gasteiger partial charge on any atom is -0.436 e. The van der Waals surface area contributed by atoms with Crippen LogP contribution in [0, 0.1) is 0 Å². The number of para-hydroxylation sites is 1. The van der Waals surface area contributed by atoms with E-state index in [0.29, 0.717) is 5.71 Å². The Labute approximate surface area is 296 Å². The molecule has 9 aromatic carbocycles. The quantitative estimate of drug-likeness (QED) is 0.173. The van der Waals surface area contributed by atoms with Crippen molar-refractivity contribution in [3.8, 4) is 17.1 Å². The highest BCUT2D eigenvalue weighted by atomic mass is 16.3. The maximum atomic E-state index is 6.38. The van der Waals surface area contributed by atoms with E-state index in [4.69, 9.17) is 14.4 Å². The Balaban J connectivity index is 1.33. The molecule has 4 nitrogen and oxygen atoms in total. The van der Waals surface area contributed by atoms with Gasteiger partial charge in [-0.25, -0.2) is 9.97 Å². The van der Waals surface area contributed by atoms with Crippen LogP contribution >= 0.6 is 0 Å². The molecule has 0 bridgehead atoms. The van der Waals surface area contributed by atoms with Crippen LogP contribution in [0.2, 0.25) is 0 Å². The monoisotopic (exact) mass is 661 g/mol. The molecule has 0 N–H and O–H groups in total. The average Bonchev–Trinajstić information content (AvgIpc) is 3.75. The van der Waals surface area contributed by atoms with Gasteiger partial charge in [-0.05, 0) is 67.4 Å². The standard InChI is InChI=1S/C48H27N3O/c1-2-13-30-27-31(22-21-28(30)11-1)44-47(49-45-38-19-9-10-20-41(38)52-48(45)50-44)51-40-26-25-37-35-17-6-5-15-33(35)34-16-7-8-18-36(34)42(37)43(40)39-24-23-29-12-3-4-14-32(29)46(39)51/h1-27H. The zero-order valence-electron chi connectivity index (χ0n) is 27.8. The zero-order chi connectivity index (χ0) is 33.9. The maximum absolute atomic E-state index is 6.38. The molecule has 0 aliphatic heterocycles. The second kappa shape index (κ2) is 10.3. The number of benzene rings is 9. The largest absolute Gasteiger partial charge is 0.436 e. The van der Waals surface area contributed by atoms with Crippen LogP contribution in [-0.4, -0.2) is 14.5 Å². The van der Waals surface area contributed by atoms with Crippen LogP contribution in [0.25, 0.3) is 115 Å². The van der Waals surface area contributed by atoms with Gasteiger partial charge in [-0.3, -0.25) is 4.57 Å². The Hall–Kier alpha value is -7.04.